The third-order valence-electron chi connectivity index (χ3n) is 4.59. The van der Waals surface area contributed by atoms with Gasteiger partial charge in [-0.3, -0.25) is 23.7 Å². The van der Waals surface area contributed by atoms with E-state index in [0.29, 0.717) is 23.5 Å². The summed E-state index contributed by atoms with van der Waals surface area (Å²) in [5, 5.41) is 7.40. The first-order chi connectivity index (χ1) is 11.9. The highest BCUT2D eigenvalue weighted by molar-refractivity contribution is 5.77. The number of nitrogens with zero attached hydrogens (tertiary/aromatic N) is 5. The zero-order valence-electron chi connectivity index (χ0n) is 15.7. The smallest absolute Gasteiger partial charge is 0.264 e. The number of carbonyl (C=O) groups excluding carboxylic acids is 1. The molecule has 0 aliphatic carbocycles. The van der Waals surface area contributed by atoms with E-state index in [2.05, 4.69) is 48.0 Å². The van der Waals surface area contributed by atoms with Gasteiger partial charge in [0, 0.05) is 19.6 Å². The molecule has 0 unspecified atom stereocenters. The number of rotatable bonds is 8. The van der Waals surface area contributed by atoms with Crippen molar-refractivity contribution in [3.8, 4) is 0 Å². The third kappa shape index (κ3) is 4.25. The molecule has 0 radical (unpaired) electrons. The summed E-state index contributed by atoms with van der Waals surface area (Å²) in [4.78, 5) is 31.2. The topological polar surface area (TPSA) is 85.1 Å². The van der Waals surface area contributed by atoms with E-state index < -0.39 is 0 Å². The highest BCUT2D eigenvalue weighted by Gasteiger charge is 2.20. The van der Waals surface area contributed by atoms with Gasteiger partial charge in [0.1, 0.15) is 18.3 Å². The van der Waals surface area contributed by atoms with Crippen LogP contribution in [0, 0.1) is 5.92 Å². The molecule has 2 rings (SSSR count). The maximum Gasteiger partial charge on any atom is 0.264 e. The monoisotopic (exact) mass is 348 g/mol. The number of fused-ring (bicyclic) bond motifs is 1. The van der Waals surface area contributed by atoms with Crippen LogP contribution in [0.2, 0.25) is 0 Å². The standard InChI is InChI=1S/C17H28N6O2/c1-6-22(7-2)14(12(3)4)9-18-15(24)10-23-11-19-16-13(17(23)25)8-20-21(16)5/h8,11-12,14H,6-7,9-10H2,1-5H3,(H,18,24)/t14-/m1/s1. The van der Waals surface area contributed by atoms with E-state index in [0.717, 1.165) is 13.1 Å². The molecule has 2 aromatic heterocycles. The second-order valence-electron chi connectivity index (χ2n) is 6.52. The van der Waals surface area contributed by atoms with Crippen LogP contribution in [0.1, 0.15) is 27.7 Å². The predicted octanol–water partition coefficient (Wildman–Crippen LogP) is 0.613. The highest BCUT2D eigenvalue weighted by Crippen LogP contribution is 2.09. The van der Waals surface area contributed by atoms with Crippen LogP contribution in [0.5, 0.6) is 0 Å². The molecule has 138 valence electrons. The van der Waals surface area contributed by atoms with Gasteiger partial charge in [-0.15, -0.1) is 0 Å². The van der Waals surface area contributed by atoms with Crippen LogP contribution in [0.25, 0.3) is 11.0 Å². The van der Waals surface area contributed by atoms with Crippen molar-refractivity contribution in [2.24, 2.45) is 13.0 Å². The molecule has 8 heteroatoms. The maximum atomic E-state index is 12.4. The molecule has 1 amide bonds. The minimum absolute atomic E-state index is 0.0419. The van der Waals surface area contributed by atoms with Crippen molar-refractivity contribution in [1.82, 2.24) is 29.5 Å². The fourth-order valence-corrected chi connectivity index (χ4v) is 3.09. The van der Waals surface area contributed by atoms with E-state index in [4.69, 9.17) is 0 Å². The van der Waals surface area contributed by atoms with Crippen molar-refractivity contribution in [1.29, 1.82) is 0 Å². The van der Waals surface area contributed by atoms with Crippen LogP contribution in [-0.2, 0) is 18.4 Å². The van der Waals surface area contributed by atoms with Gasteiger partial charge in [0.15, 0.2) is 5.65 Å². The van der Waals surface area contributed by atoms with E-state index in [1.165, 1.54) is 17.1 Å². The average molecular weight is 348 g/mol. The van der Waals surface area contributed by atoms with Crippen molar-refractivity contribution >= 4 is 16.9 Å². The second-order valence-corrected chi connectivity index (χ2v) is 6.52. The Morgan fingerprint density at radius 2 is 2.00 bits per heavy atom. The molecule has 2 heterocycles. The van der Waals surface area contributed by atoms with Crippen LogP contribution in [0.15, 0.2) is 17.3 Å². The van der Waals surface area contributed by atoms with Crippen molar-refractivity contribution in [3.05, 3.63) is 22.9 Å². The van der Waals surface area contributed by atoms with Crippen LogP contribution in [-0.4, -0.2) is 55.8 Å². The van der Waals surface area contributed by atoms with Crippen molar-refractivity contribution in [2.75, 3.05) is 19.6 Å². The minimum atomic E-state index is -0.252. The van der Waals surface area contributed by atoms with Gasteiger partial charge < -0.3 is 5.32 Å². The molecular formula is C17H28N6O2. The molecular weight excluding hydrogens is 320 g/mol. The van der Waals surface area contributed by atoms with E-state index >= 15 is 0 Å². The lowest BCUT2D eigenvalue weighted by Crippen LogP contribution is -2.47. The van der Waals surface area contributed by atoms with Gasteiger partial charge in [0.2, 0.25) is 5.91 Å². The number of amides is 1. The number of hydrogen-bond acceptors (Lipinski definition) is 5. The molecule has 0 saturated heterocycles. The number of aromatic nitrogens is 4. The number of carbonyl (C=O) groups is 1. The zero-order chi connectivity index (χ0) is 18.6. The number of nitrogens with one attached hydrogen (secondary N) is 1. The van der Waals surface area contributed by atoms with E-state index in [1.807, 2.05) is 0 Å². The molecule has 0 aromatic carbocycles. The van der Waals surface area contributed by atoms with Gasteiger partial charge in [-0.05, 0) is 19.0 Å². The fourth-order valence-electron chi connectivity index (χ4n) is 3.09. The molecule has 0 aliphatic heterocycles. The Hall–Kier alpha value is -2.22. The first kappa shape index (κ1) is 19.1. The summed E-state index contributed by atoms with van der Waals surface area (Å²) in [5.74, 6) is 0.237. The largest absolute Gasteiger partial charge is 0.353 e. The van der Waals surface area contributed by atoms with Crippen LogP contribution >= 0.6 is 0 Å². The van der Waals surface area contributed by atoms with E-state index in [1.54, 1.807) is 11.7 Å². The number of likely N-dealkylation sites (N-methyl/N-ethyl adjacent to an activating group) is 1. The molecule has 0 aliphatic rings. The van der Waals surface area contributed by atoms with Crippen LogP contribution in [0.3, 0.4) is 0 Å². The molecule has 0 fully saturated rings. The molecule has 8 nitrogen and oxygen atoms in total. The van der Waals surface area contributed by atoms with E-state index in [9.17, 15) is 9.59 Å². The summed E-state index contributed by atoms with van der Waals surface area (Å²) in [6.45, 7) is 11.0. The Morgan fingerprint density at radius 1 is 1.32 bits per heavy atom. The zero-order valence-corrected chi connectivity index (χ0v) is 15.7. The quantitative estimate of drug-likeness (QED) is 0.756. The Bertz CT molecular complexity index is 775. The van der Waals surface area contributed by atoms with Gasteiger partial charge in [0.25, 0.3) is 5.56 Å². The average Bonchev–Trinajstić information content (AvgIpc) is 2.95. The minimum Gasteiger partial charge on any atom is -0.353 e. The summed E-state index contributed by atoms with van der Waals surface area (Å²) in [6, 6.07) is 0.273. The highest BCUT2D eigenvalue weighted by atomic mass is 16.2. The lowest BCUT2D eigenvalue weighted by atomic mass is 10.0. The molecule has 0 spiro atoms. The molecule has 0 saturated carbocycles. The first-order valence-electron chi connectivity index (χ1n) is 8.76. The van der Waals surface area contributed by atoms with Crippen LogP contribution in [0.4, 0.5) is 0 Å². The Labute approximate surface area is 147 Å². The predicted molar refractivity (Wildman–Crippen MR) is 97.3 cm³/mol. The van der Waals surface area contributed by atoms with Crippen molar-refractivity contribution in [3.63, 3.8) is 0 Å². The SMILES string of the molecule is CCN(CC)[C@H](CNC(=O)Cn1cnc2c(cnn2C)c1=O)C(C)C. The molecule has 2 aromatic rings. The Balaban J connectivity index is 2.05. The van der Waals surface area contributed by atoms with Gasteiger partial charge >= 0.3 is 0 Å². The summed E-state index contributed by atoms with van der Waals surface area (Å²) in [7, 11) is 1.73. The Morgan fingerprint density at radius 3 is 2.60 bits per heavy atom. The normalized spacial score (nSPS) is 12.9. The van der Waals surface area contributed by atoms with Crippen molar-refractivity contribution < 1.29 is 4.79 Å². The summed E-state index contributed by atoms with van der Waals surface area (Å²) < 4.78 is 2.86. The van der Waals surface area contributed by atoms with Crippen molar-refractivity contribution in [2.45, 2.75) is 40.3 Å². The van der Waals surface area contributed by atoms with Gasteiger partial charge in [-0.1, -0.05) is 27.7 Å². The Kier molecular flexibility index (Phi) is 6.30. The first-order valence-corrected chi connectivity index (χ1v) is 8.76. The van der Waals surface area contributed by atoms with Gasteiger partial charge in [-0.25, -0.2) is 4.98 Å². The lowest BCUT2D eigenvalue weighted by Gasteiger charge is -2.32. The summed E-state index contributed by atoms with van der Waals surface area (Å²) in [5.41, 5.74) is 0.264. The number of hydrogen-bond donors (Lipinski definition) is 1. The molecule has 1 N–H and O–H groups in total. The van der Waals surface area contributed by atoms with E-state index in [-0.39, 0.29) is 24.1 Å². The molecule has 25 heavy (non-hydrogen) atoms. The number of aryl methyl sites for hydroxylation is 1. The second kappa shape index (κ2) is 8.24. The summed E-state index contributed by atoms with van der Waals surface area (Å²) in [6.07, 6.45) is 2.88. The van der Waals surface area contributed by atoms with Gasteiger partial charge in [0.05, 0.1) is 6.20 Å². The maximum absolute atomic E-state index is 12.4. The molecule has 1 atom stereocenters. The van der Waals surface area contributed by atoms with Crippen LogP contribution < -0.4 is 10.9 Å². The summed E-state index contributed by atoms with van der Waals surface area (Å²) >= 11 is 0. The third-order valence-corrected chi connectivity index (χ3v) is 4.59. The van der Waals surface area contributed by atoms with Gasteiger partial charge in [-0.2, -0.15) is 5.10 Å². The lowest BCUT2D eigenvalue weighted by molar-refractivity contribution is -0.122. The molecule has 0 bridgehead atoms. The fraction of sp³-hybridized carbons (Fsp3) is 0.647.